The molecule has 0 spiro atoms. The van der Waals surface area contributed by atoms with Crippen molar-refractivity contribution in [2.24, 2.45) is 0 Å². The normalized spacial score (nSPS) is 10.8. The van der Waals surface area contributed by atoms with Gasteiger partial charge in [-0.05, 0) is 213 Å². The van der Waals surface area contributed by atoms with Crippen LogP contribution < -0.4 is 28.7 Å². The highest BCUT2D eigenvalue weighted by Crippen LogP contribution is 2.40. The smallest absolute Gasteiger partial charge is 0.119 e. The average molecular weight is 933 g/mol. The van der Waals surface area contributed by atoms with Gasteiger partial charge in [-0.1, -0.05) is 72.2 Å². The molecule has 346 valence electrons. The molecule has 11 aromatic carbocycles. The summed E-state index contributed by atoms with van der Waals surface area (Å²) in [6, 6.07) is 75.3. The molecule has 0 aliphatic heterocycles. The molecule has 0 saturated heterocycles. The molecule has 0 heterocycles. The Bertz CT molecular complexity index is 3430. The first-order valence-corrected chi connectivity index (χ1v) is 23.7. The van der Waals surface area contributed by atoms with E-state index in [1.165, 1.54) is 0 Å². The van der Waals surface area contributed by atoms with Crippen molar-refractivity contribution in [1.82, 2.24) is 0 Å². The molecular formula is C66H48N2O4. The van der Waals surface area contributed by atoms with Crippen LogP contribution in [0.5, 0.6) is 23.0 Å². The fraction of sp³-hybridized carbons (Fsp3) is 0.0606. The van der Waals surface area contributed by atoms with Gasteiger partial charge in [-0.3, -0.25) is 0 Å². The maximum Gasteiger partial charge on any atom is 0.119 e. The molecule has 0 saturated carbocycles. The topological polar surface area (TPSA) is 43.4 Å². The Balaban J connectivity index is 1.02. The third-order valence-corrected chi connectivity index (χ3v) is 13.1. The SMILES string of the molecule is COc1ccc(N(c2ccc(C#Cc3c4cc5ccccc5cc4c(C#Cc4ccc(N(c5ccc(OC)cc5)c5ccc(OC)cc5)cc4)c4cc5ccccc5cc34)cc2)c2ccc(OC)cc2)cc1. The van der Waals surface area contributed by atoms with E-state index in [9.17, 15) is 0 Å². The summed E-state index contributed by atoms with van der Waals surface area (Å²) in [5.41, 5.74) is 9.71. The molecule has 72 heavy (non-hydrogen) atoms. The van der Waals surface area contributed by atoms with Crippen molar-refractivity contribution in [2.45, 2.75) is 0 Å². The second-order valence-electron chi connectivity index (χ2n) is 17.3. The number of fused-ring (bicyclic) bond motifs is 4. The van der Waals surface area contributed by atoms with E-state index < -0.39 is 0 Å². The van der Waals surface area contributed by atoms with E-state index in [0.717, 1.165) is 122 Å². The molecule has 0 unspecified atom stereocenters. The van der Waals surface area contributed by atoms with Gasteiger partial charge in [0.2, 0.25) is 0 Å². The standard InChI is InChI=1S/C66H48N2O4/c1-69-57-31-23-53(24-32-57)67(54-25-33-58(70-2)34-26-54)51-19-13-45(14-20-51)17-39-61-63-41-47-9-5-7-11-49(47)43-65(63)62(66-44-50-12-8-6-10-48(50)42-64(61)66)40-18-46-15-21-52(22-16-46)68(55-27-35-59(71-3)36-28-55)56-29-37-60(72-4)38-30-56/h5-16,19-38,41-44H,1-4H3. The summed E-state index contributed by atoms with van der Waals surface area (Å²) >= 11 is 0. The first-order chi connectivity index (χ1) is 35.5. The Morgan fingerprint density at radius 1 is 0.264 bits per heavy atom. The maximum atomic E-state index is 5.48. The average Bonchev–Trinajstić information content (AvgIpc) is 3.44. The number of hydrogen-bond acceptors (Lipinski definition) is 6. The van der Waals surface area contributed by atoms with E-state index in [4.69, 9.17) is 18.9 Å². The van der Waals surface area contributed by atoms with Crippen LogP contribution in [0.15, 0.2) is 218 Å². The molecule has 0 fully saturated rings. The van der Waals surface area contributed by atoms with Gasteiger partial charge in [-0.15, -0.1) is 0 Å². The molecule has 11 rings (SSSR count). The lowest BCUT2D eigenvalue weighted by molar-refractivity contribution is 0.414. The van der Waals surface area contributed by atoms with E-state index >= 15 is 0 Å². The lowest BCUT2D eigenvalue weighted by atomic mass is 9.88. The fourth-order valence-corrected chi connectivity index (χ4v) is 9.34. The lowest BCUT2D eigenvalue weighted by Gasteiger charge is -2.25. The number of nitrogens with zero attached hydrogens (tertiary/aromatic N) is 2. The van der Waals surface area contributed by atoms with Gasteiger partial charge >= 0.3 is 0 Å². The monoisotopic (exact) mass is 932 g/mol. The Labute approximate surface area is 419 Å². The van der Waals surface area contributed by atoms with Crippen LogP contribution in [0.3, 0.4) is 0 Å². The van der Waals surface area contributed by atoms with Crippen LogP contribution in [0.4, 0.5) is 34.1 Å². The zero-order valence-corrected chi connectivity index (χ0v) is 40.3. The van der Waals surface area contributed by atoms with Crippen LogP contribution in [0.25, 0.3) is 43.1 Å². The van der Waals surface area contributed by atoms with Crippen molar-refractivity contribution in [3.05, 3.63) is 241 Å². The third-order valence-electron chi connectivity index (χ3n) is 13.1. The first-order valence-electron chi connectivity index (χ1n) is 23.7. The maximum absolute atomic E-state index is 5.48. The number of hydrogen-bond donors (Lipinski definition) is 0. The van der Waals surface area contributed by atoms with Crippen molar-refractivity contribution < 1.29 is 18.9 Å². The van der Waals surface area contributed by atoms with Gasteiger partial charge in [-0.25, -0.2) is 0 Å². The van der Waals surface area contributed by atoms with Crippen LogP contribution in [0.1, 0.15) is 22.3 Å². The first kappa shape index (κ1) is 44.9. The summed E-state index contributed by atoms with van der Waals surface area (Å²) in [5.74, 6) is 17.8. The quantitative estimate of drug-likeness (QED) is 0.101. The van der Waals surface area contributed by atoms with E-state index in [0.29, 0.717) is 0 Å². The molecule has 0 atom stereocenters. The van der Waals surface area contributed by atoms with E-state index in [-0.39, 0.29) is 0 Å². The second kappa shape index (κ2) is 19.8. The predicted octanol–water partition coefficient (Wildman–Crippen LogP) is 16.1. The Morgan fingerprint density at radius 2 is 0.486 bits per heavy atom. The number of anilines is 6. The van der Waals surface area contributed by atoms with Gasteiger partial charge in [-0.2, -0.15) is 0 Å². The Kier molecular flexibility index (Phi) is 12.3. The number of methoxy groups -OCH3 is 4. The molecule has 0 aliphatic rings. The predicted molar refractivity (Wildman–Crippen MR) is 297 cm³/mol. The van der Waals surface area contributed by atoms with Crippen molar-refractivity contribution >= 4 is 77.2 Å². The molecule has 11 aromatic rings. The molecule has 0 amide bonds. The number of ether oxygens (including phenoxy) is 4. The zero-order valence-electron chi connectivity index (χ0n) is 40.3. The van der Waals surface area contributed by atoms with E-state index in [1.807, 2.05) is 48.5 Å². The highest BCUT2D eigenvalue weighted by molar-refractivity contribution is 6.16. The van der Waals surface area contributed by atoms with Gasteiger partial charge in [0.15, 0.2) is 0 Å². The summed E-state index contributed by atoms with van der Waals surface area (Å²) in [5, 5.41) is 8.79. The van der Waals surface area contributed by atoms with Crippen molar-refractivity contribution in [3.63, 3.8) is 0 Å². The molecule has 0 aromatic heterocycles. The minimum absolute atomic E-state index is 0.797. The third kappa shape index (κ3) is 8.93. The van der Waals surface area contributed by atoms with Gasteiger partial charge in [0.25, 0.3) is 0 Å². The van der Waals surface area contributed by atoms with Gasteiger partial charge in [0.1, 0.15) is 23.0 Å². The molecule has 0 N–H and O–H groups in total. The van der Waals surface area contributed by atoms with Crippen molar-refractivity contribution in [3.8, 4) is 46.7 Å². The molecule has 0 aliphatic carbocycles. The lowest BCUT2D eigenvalue weighted by Crippen LogP contribution is -2.09. The number of benzene rings is 11. The van der Waals surface area contributed by atoms with Crippen LogP contribution in [-0.4, -0.2) is 28.4 Å². The van der Waals surface area contributed by atoms with Crippen LogP contribution in [0.2, 0.25) is 0 Å². The van der Waals surface area contributed by atoms with Crippen LogP contribution in [0, 0.1) is 23.7 Å². The molecule has 0 bridgehead atoms. The Hall–Kier alpha value is -9.62. The van der Waals surface area contributed by atoms with E-state index in [1.54, 1.807) is 28.4 Å². The minimum atomic E-state index is 0.797. The van der Waals surface area contributed by atoms with Crippen molar-refractivity contribution in [2.75, 3.05) is 38.2 Å². The van der Waals surface area contributed by atoms with Gasteiger partial charge < -0.3 is 28.7 Å². The summed E-state index contributed by atoms with van der Waals surface area (Å²) in [4.78, 5) is 4.42. The zero-order chi connectivity index (χ0) is 49.0. The van der Waals surface area contributed by atoms with Crippen molar-refractivity contribution in [1.29, 1.82) is 0 Å². The highest BCUT2D eigenvalue weighted by Gasteiger charge is 2.17. The largest absolute Gasteiger partial charge is 0.497 e. The van der Waals surface area contributed by atoms with E-state index in [2.05, 4.69) is 203 Å². The molecule has 0 radical (unpaired) electrons. The second-order valence-corrected chi connectivity index (χ2v) is 17.3. The summed E-state index contributed by atoms with van der Waals surface area (Å²) in [6.07, 6.45) is 0. The minimum Gasteiger partial charge on any atom is -0.497 e. The van der Waals surface area contributed by atoms with Gasteiger partial charge in [0.05, 0.1) is 28.4 Å². The van der Waals surface area contributed by atoms with Gasteiger partial charge in [0, 0.05) is 56.4 Å². The molecule has 6 heteroatoms. The highest BCUT2D eigenvalue weighted by atomic mass is 16.5. The molecular weight excluding hydrogens is 885 g/mol. The number of rotatable bonds is 10. The summed E-state index contributed by atoms with van der Waals surface area (Å²) in [6.45, 7) is 0. The molecule has 6 nitrogen and oxygen atoms in total. The fourth-order valence-electron chi connectivity index (χ4n) is 9.34. The summed E-state index contributed by atoms with van der Waals surface area (Å²) in [7, 11) is 6.72. The Morgan fingerprint density at radius 3 is 0.708 bits per heavy atom. The summed E-state index contributed by atoms with van der Waals surface area (Å²) < 4.78 is 21.9. The van der Waals surface area contributed by atoms with Crippen LogP contribution >= 0.6 is 0 Å². The van der Waals surface area contributed by atoms with Crippen LogP contribution in [-0.2, 0) is 0 Å².